The molecule has 0 spiro atoms. The summed E-state index contributed by atoms with van der Waals surface area (Å²) >= 11 is 13.6. The highest BCUT2D eigenvalue weighted by Gasteiger charge is 2.23. The first kappa shape index (κ1) is 16.8. The number of piperidine rings is 1. The van der Waals surface area contributed by atoms with Crippen LogP contribution in [-0.2, 0) is 6.54 Å². The van der Waals surface area contributed by atoms with Crippen molar-refractivity contribution < 1.29 is 0 Å². The van der Waals surface area contributed by atoms with Gasteiger partial charge in [-0.1, -0.05) is 24.1 Å². The minimum atomic E-state index is 0.413. The molecular weight excluding hydrogens is 426 g/mol. The summed E-state index contributed by atoms with van der Waals surface area (Å²) in [6, 6.07) is 6.56. The number of anilines is 1. The molecule has 1 atom stereocenters. The number of nitrogens with zero attached hydrogens (tertiary/aromatic N) is 1. The Morgan fingerprint density at radius 3 is 3.08 bits per heavy atom. The first-order chi connectivity index (χ1) is 11.7. The molecular formula is C17H17BrClN3S2. The van der Waals surface area contributed by atoms with Crippen molar-refractivity contribution in [2.24, 2.45) is 0 Å². The third kappa shape index (κ3) is 3.35. The summed E-state index contributed by atoms with van der Waals surface area (Å²) in [6.45, 7) is 1.89. The molecule has 3 aromatic rings. The van der Waals surface area contributed by atoms with Gasteiger partial charge in [0.1, 0.15) is 5.15 Å². The van der Waals surface area contributed by atoms with Gasteiger partial charge in [0.15, 0.2) is 0 Å². The molecule has 1 fully saturated rings. The van der Waals surface area contributed by atoms with Crippen LogP contribution in [-0.4, -0.2) is 11.5 Å². The van der Waals surface area contributed by atoms with Gasteiger partial charge >= 0.3 is 0 Å². The van der Waals surface area contributed by atoms with E-state index in [0.717, 1.165) is 28.8 Å². The Hall–Kier alpha value is -0.660. The summed E-state index contributed by atoms with van der Waals surface area (Å²) in [4.78, 5) is 7.20. The van der Waals surface area contributed by atoms with Crippen LogP contribution in [0.25, 0.3) is 10.2 Å². The second-order valence-electron chi connectivity index (χ2n) is 5.89. The average Bonchev–Trinajstić information content (AvgIpc) is 3.22. The molecule has 4 heterocycles. The molecule has 1 saturated heterocycles. The molecule has 3 aromatic heterocycles. The smallest absolute Gasteiger partial charge is 0.131 e. The third-order valence-corrected chi connectivity index (χ3v) is 7.70. The Balaban J connectivity index is 1.70. The second-order valence-corrected chi connectivity index (χ2v) is 9.15. The summed E-state index contributed by atoms with van der Waals surface area (Å²) < 4.78 is 2.26. The Kier molecular flexibility index (Phi) is 5.10. The van der Waals surface area contributed by atoms with Gasteiger partial charge in [-0.15, -0.1) is 22.7 Å². The van der Waals surface area contributed by atoms with E-state index in [2.05, 4.69) is 49.1 Å². The minimum absolute atomic E-state index is 0.413. The van der Waals surface area contributed by atoms with Crippen LogP contribution in [0, 0.1) is 0 Å². The second kappa shape index (κ2) is 7.30. The molecule has 0 aromatic carbocycles. The molecule has 2 N–H and O–H groups in total. The largest absolute Gasteiger partial charge is 0.379 e. The lowest BCUT2D eigenvalue weighted by Gasteiger charge is -2.22. The molecule has 7 heteroatoms. The number of fused-ring (bicyclic) bond motifs is 1. The van der Waals surface area contributed by atoms with Crippen LogP contribution in [0.3, 0.4) is 0 Å². The van der Waals surface area contributed by atoms with E-state index >= 15 is 0 Å². The standard InChI is InChI=1S/C17H17BrClN3S2/c18-14-15-17(24-16(14)11-5-1-2-6-20-11)12(8-13(19)22-15)21-9-10-4-3-7-23-10/h3-4,7-8,11,20H,1-2,5-6,9H2,(H,21,22). The molecule has 0 saturated carbocycles. The zero-order valence-corrected chi connectivity index (χ0v) is 16.9. The van der Waals surface area contributed by atoms with E-state index in [1.54, 1.807) is 11.3 Å². The van der Waals surface area contributed by atoms with Crippen LogP contribution in [0.2, 0.25) is 5.15 Å². The van der Waals surface area contributed by atoms with E-state index in [-0.39, 0.29) is 0 Å². The first-order valence-electron chi connectivity index (χ1n) is 8.00. The van der Waals surface area contributed by atoms with Crippen molar-refractivity contribution in [1.29, 1.82) is 0 Å². The molecule has 0 radical (unpaired) electrons. The Morgan fingerprint density at radius 2 is 2.33 bits per heavy atom. The Morgan fingerprint density at radius 1 is 1.42 bits per heavy atom. The van der Waals surface area contributed by atoms with Gasteiger partial charge in [-0.05, 0) is 46.8 Å². The summed E-state index contributed by atoms with van der Waals surface area (Å²) in [5.41, 5.74) is 2.02. The van der Waals surface area contributed by atoms with Crippen molar-refractivity contribution in [3.63, 3.8) is 0 Å². The highest BCUT2D eigenvalue weighted by Crippen LogP contribution is 2.44. The van der Waals surface area contributed by atoms with Crippen molar-refractivity contribution >= 4 is 66.1 Å². The molecule has 0 aliphatic carbocycles. The molecule has 1 aliphatic heterocycles. The van der Waals surface area contributed by atoms with Crippen molar-refractivity contribution in [3.8, 4) is 0 Å². The average molecular weight is 443 g/mol. The van der Waals surface area contributed by atoms with Crippen molar-refractivity contribution in [1.82, 2.24) is 10.3 Å². The van der Waals surface area contributed by atoms with E-state index in [9.17, 15) is 0 Å². The first-order valence-corrected chi connectivity index (χ1v) is 10.9. The van der Waals surface area contributed by atoms with Crippen LogP contribution >= 0.6 is 50.2 Å². The van der Waals surface area contributed by atoms with Gasteiger partial charge in [0, 0.05) is 28.4 Å². The van der Waals surface area contributed by atoms with Crippen LogP contribution in [0.4, 0.5) is 5.69 Å². The molecule has 126 valence electrons. The van der Waals surface area contributed by atoms with E-state index < -0.39 is 0 Å². The van der Waals surface area contributed by atoms with Gasteiger partial charge in [-0.3, -0.25) is 0 Å². The van der Waals surface area contributed by atoms with Crippen molar-refractivity contribution in [3.05, 3.63) is 43.0 Å². The molecule has 4 rings (SSSR count). The summed E-state index contributed by atoms with van der Waals surface area (Å²) in [7, 11) is 0. The molecule has 1 aliphatic rings. The fraction of sp³-hybridized carbons (Fsp3) is 0.353. The maximum atomic E-state index is 6.27. The van der Waals surface area contributed by atoms with Crippen LogP contribution in [0.1, 0.15) is 35.1 Å². The predicted octanol–water partition coefficient (Wildman–Crippen LogP) is 6.20. The normalized spacial score (nSPS) is 18.2. The monoisotopic (exact) mass is 441 g/mol. The quantitative estimate of drug-likeness (QED) is 0.472. The lowest BCUT2D eigenvalue weighted by molar-refractivity contribution is 0.416. The van der Waals surface area contributed by atoms with Gasteiger partial charge in [0.2, 0.25) is 0 Å². The summed E-state index contributed by atoms with van der Waals surface area (Å²) in [5, 5.41) is 9.78. The molecule has 3 nitrogen and oxygen atoms in total. The molecule has 0 bridgehead atoms. The lowest BCUT2D eigenvalue weighted by Crippen LogP contribution is -2.26. The summed E-state index contributed by atoms with van der Waals surface area (Å²) in [5.74, 6) is 0. The number of pyridine rings is 1. The number of hydrogen-bond acceptors (Lipinski definition) is 5. The fourth-order valence-electron chi connectivity index (χ4n) is 3.05. The number of nitrogens with one attached hydrogen (secondary N) is 2. The number of rotatable bonds is 4. The van der Waals surface area contributed by atoms with Crippen LogP contribution in [0.15, 0.2) is 28.1 Å². The highest BCUT2D eigenvalue weighted by atomic mass is 79.9. The van der Waals surface area contributed by atoms with Crippen LogP contribution < -0.4 is 10.6 Å². The minimum Gasteiger partial charge on any atom is -0.379 e. The fourth-order valence-corrected chi connectivity index (χ4v) is 6.06. The van der Waals surface area contributed by atoms with Crippen molar-refractivity contribution in [2.75, 3.05) is 11.9 Å². The van der Waals surface area contributed by atoms with Gasteiger partial charge in [-0.25, -0.2) is 4.98 Å². The van der Waals surface area contributed by atoms with E-state index in [4.69, 9.17) is 11.6 Å². The Bertz CT molecular complexity index is 841. The zero-order chi connectivity index (χ0) is 16.5. The number of halogens is 2. The lowest BCUT2D eigenvalue weighted by atomic mass is 10.0. The third-order valence-electron chi connectivity index (χ3n) is 4.24. The number of hydrogen-bond donors (Lipinski definition) is 2. The van der Waals surface area contributed by atoms with E-state index in [0.29, 0.717) is 11.2 Å². The number of thiophene rings is 2. The van der Waals surface area contributed by atoms with Gasteiger partial charge < -0.3 is 10.6 Å². The maximum absolute atomic E-state index is 6.27. The number of aromatic nitrogens is 1. The van der Waals surface area contributed by atoms with Gasteiger partial charge in [-0.2, -0.15) is 0 Å². The Labute approximate surface area is 162 Å². The van der Waals surface area contributed by atoms with Crippen LogP contribution in [0.5, 0.6) is 0 Å². The van der Waals surface area contributed by atoms with E-state index in [1.807, 2.05) is 17.4 Å². The summed E-state index contributed by atoms with van der Waals surface area (Å²) in [6.07, 6.45) is 3.71. The van der Waals surface area contributed by atoms with Crippen molar-refractivity contribution in [2.45, 2.75) is 31.8 Å². The SMILES string of the molecule is Clc1cc(NCc2cccs2)c2sc(C3CCCCN3)c(Br)c2n1. The van der Waals surface area contributed by atoms with Gasteiger partial charge in [0.05, 0.1) is 20.4 Å². The van der Waals surface area contributed by atoms with Gasteiger partial charge in [0.25, 0.3) is 0 Å². The maximum Gasteiger partial charge on any atom is 0.131 e. The van der Waals surface area contributed by atoms with E-state index in [1.165, 1.54) is 33.7 Å². The predicted molar refractivity (Wildman–Crippen MR) is 109 cm³/mol. The molecule has 24 heavy (non-hydrogen) atoms. The highest BCUT2D eigenvalue weighted by molar-refractivity contribution is 9.10. The zero-order valence-electron chi connectivity index (χ0n) is 12.9. The topological polar surface area (TPSA) is 37.0 Å². The molecule has 1 unspecified atom stereocenters. The molecule has 0 amide bonds.